The number of phenolic OH excluding ortho intramolecular Hbond substituents is 1. The number of piperidine rings is 1. The topological polar surface area (TPSA) is 62.2 Å². The number of ether oxygens (including phenoxy) is 2. The van der Waals surface area contributed by atoms with Gasteiger partial charge in [-0.3, -0.25) is 4.90 Å². The summed E-state index contributed by atoms with van der Waals surface area (Å²) in [5.74, 6) is 0.850. The van der Waals surface area contributed by atoms with Gasteiger partial charge in [0.15, 0.2) is 11.5 Å². The Balaban J connectivity index is 1.45. The second kappa shape index (κ2) is 7.31. The molecule has 8 rings (SSSR count). The lowest BCUT2D eigenvalue weighted by molar-refractivity contribution is -0.312. The third-order valence-electron chi connectivity index (χ3n) is 11.9. The van der Waals surface area contributed by atoms with Crippen LogP contribution in [0.25, 0.3) is 0 Å². The maximum atomic E-state index is 12.3. The molecule has 0 radical (unpaired) electrons. The molecule has 0 unspecified atom stereocenters. The number of benzene rings is 2. The van der Waals surface area contributed by atoms with E-state index >= 15 is 0 Å². The van der Waals surface area contributed by atoms with Crippen LogP contribution in [-0.4, -0.2) is 52.1 Å². The second-order valence-corrected chi connectivity index (χ2v) is 13.8. The van der Waals surface area contributed by atoms with Crippen molar-refractivity contribution in [2.75, 3.05) is 13.7 Å². The van der Waals surface area contributed by atoms with Crippen molar-refractivity contribution in [3.8, 4) is 11.5 Å². The average Bonchev–Trinajstić information content (AvgIpc) is 3.24. The van der Waals surface area contributed by atoms with Crippen molar-refractivity contribution in [2.45, 2.75) is 95.1 Å². The van der Waals surface area contributed by atoms with Gasteiger partial charge in [0, 0.05) is 42.0 Å². The first-order valence-corrected chi connectivity index (χ1v) is 14.1. The third kappa shape index (κ3) is 2.66. The fraction of sp³-hybridized carbons (Fsp3) is 0.625. The van der Waals surface area contributed by atoms with Crippen LogP contribution in [0.3, 0.4) is 0 Å². The van der Waals surface area contributed by atoms with Crippen LogP contribution in [0.4, 0.5) is 0 Å². The highest BCUT2D eigenvalue weighted by atomic mass is 16.6. The summed E-state index contributed by atoms with van der Waals surface area (Å²) in [6.45, 7) is 10.4. The molecule has 5 heteroatoms. The molecule has 37 heavy (non-hydrogen) atoms. The number of aliphatic hydroxyl groups is 1. The highest BCUT2D eigenvalue weighted by molar-refractivity contribution is 5.63. The summed E-state index contributed by atoms with van der Waals surface area (Å²) in [5.41, 5.74) is 1.80. The molecule has 198 valence electrons. The Labute approximate surface area is 220 Å². The molecule has 0 aromatic heterocycles. The van der Waals surface area contributed by atoms with E-state index in [0.29, 0.717) is 11.8 Å². The lowest BCUT2D eigenvalue weighted by Gasteiger charge is -2.75. The van der Waals surface area contributed by atoms with E-state index in [1.807, 2.05) is 20.1 Å². The minimum absolute atomic E-state index is 0.0447. The molecule has 2 N–H and O–H groups in total. The van der Waals surface area contributed by atoms with Gasteiger partial charge in [0.25, 0.3) is 0 Å². The van der Waals surface area contributed by atoms with E-state index in [1.165, 1.54) is 16.7 Å². The van der Waals surface area contributed by atoms with Gasteiger partial charge < -0.3 is 19.7 Å². The summed E-state index contributed by atoms with van der Waals surface area (Å²) in [5, 5.41) is 23.3. The molecule has 6 aliphatic rings. The molecular weight excluding hydrogens is 462 g/mol. The summed E-state index contributed by atoms with van der Waals surface area (Å²) in [4.78, 5) is 2.72. The van der Waals surface area contributed by atoms with Crippen LogP contribution in [0.5, 0.6) is 11.5 Å². The molecule has 4 aliphatic carbocycles. The highest BCUT2D eigenvalue weighted by Gasteiger charge is 2.82. The van der Waals surface area contributed by atoms with E-state index < -0.39 is 11.2 Å². The van der Waals surface area contributed by atoms with Crippen LogP contribution in [0.15, 0.2) is 42.5 Å². The van der Waals surface area contributed by atoms with Crippen LogP contribution >= 0.6 is 0 Å². The van der Waals surface area contributed by atoms with Gasteiger partial charge in [0.2, 0.25) is 0 Å². The predicted molar refractivity (Wildman–Crippen MR) is 143 cm³/mol. The third-order valence-corrected chi connectivity index (χ3v) is 11.9. The van der Waals surface area contributed by atoms with E-state index in [4.69, 9.17) is 9.47 Å². The van der Waals surface area contributed by atoms with Gasteiger partial charge in [-0.2, -0.15) is 0 Å². The molecule has 7 atom stereocenters. The van der Waals surface area contributed by atoms with Crippen LogP contribution in [-0.2, 0) is 23.1 Å². The van der Waals surface area contributed by atoms with Gasteiger partial charge in [-0.25, -0.2) is 0 Å². The first-order valence-electron chi connectivity index (χ1n) is 14.1. The lowest BCUT2D eigenvalue weighted by atomic mass is 9.33. The quantitative estimate of drug-likeness (QED) is 0.600. The van der Waals surface area contributed by atoms with E-state index in [9.17, 15) is 10.2 Å². The zero-order valence-electron chi connectivity index (χ0n) is 22.9. The van der Waals surface area contributed by atoms with Gasteiger partial charge in [0.05, 0.1) is 5.60 Å². The van der Waals surface area contributed by atoms with Crippen molar-refractivity contribution < 1.29 is 19.7 Å². The number of phenols is 1. The number of rotatable bonds is 4. The lowest BCUT2D eigenvalue weighted by Crippen LogP contribution is -2.83. The first kappa shape index (κ1) is 24.0. The minimum Gasteiger partial charge on any atom is -0.504 e. The van der Waals surface area contributed by atoms with Crippen LogP contribution in [0.1, 0.15) is 70.1 Å². The largest absolute Gasteiger partial charge is 0.504 e. The van der Waals surface area contributed by atoms with E-state index in [0.717, 1.165) is 45.2 Å². The number of fused-ring (bicyclic) bond motifs is 2. The van der Waals surface area contributed by atoms with Crippen LogP contribution < -0.4 is 4.74 Å². The van der Waals surface area contributed by atoms with Crippen molar-refractivity contribution in [2.24, 2.45) is 16.7 Å². The van der Waals surface area contributed by atoms with Gasteiger partial charge in [-0.05, 0) is 68.2 Å². The molecule has 0 amide bonds. The molecule has 2 heterocycles. The zero-order valence-corrected chi connectivity index (χ0v) is 22.9. The maximum Gasteiger partial charge on any atom is 0.165 e. The summed E-state index contributed by atoms with van der Waals surface area (Å²) in [6, 6.07) is 15.1. The summed E-state index contributed by atoms with van der Waals surface area (Å²) in [7, 11) is 1.82. The van der Waals surface area contributed by atoms with Crippen molar-refractivity contribution in [1.29, 1.82) is 0 Å². The van der Waals surface area contributed by atoms with Crippen molar-refractivity contribution in [3.05, 3.63) is 59.2 Å². The Morgan fingerprint density at radius 2 is 1.81 bits per heavy atom. The SMILES string of the molecule is CO[C@@]12CC[C@]3(C[C@@H]1[C@](C)(O)C(C)(C)C)[C@H]1Cc4ccc(O)c5c4[C@]3(CCN1Cc1ccccc1)[C@@H]2O5. The van der Waals surface area contributed by atoms with Gasteiger partial charge in [0.1, 0.15) is 11.7 Å². The Morgan fingerprint density at radius 1 is 1.05 bits per heavy atom. The van der Waals surface area contributed by atoms with Crippen LogP contribution in [0.2, 0.25) is 0 Å². The smallest absolute Gasteiger partial charge is 0.165 e. The van der Waals surface area contributed by atoms with Crippen molar-refractivity contribution in [1.82, 2.24) is 4.90 Å². The summed E-state index contributed by atoms with van der Waals surface area (Å²) < 4.78 is 13.5. The fourth-order valence-corrected chi connectivity index (χ4v) is 9.74. The molecule has 1 saturated heterocycles. The van der Waals surface area contributed by atoms with Crippen molar-refractivity contribution in [3.63, 3.8) is 0 Å². The molecule has 4 bridgehead atoms. The van der Waals surface area contributed by atoms with Crippen molar-refractivity contribution >= 4 is 0 Å². The zero-order chi connectivity index (χ0) is 26.0. The average molecular weight is 504 g/mol. The Bertz CT molecular complexity index is 1250. The number of hydrogen-bond acceptors (Lipinski definition) is 5. The molecule has 4 fully saturated rings. The second-order valence-electron chi connectivity index (χ2n) is 13.8. The molecule has 5 nitrogen and oxygen atoms in total. The number of hydrogen-bond donors (Lipinski definition) is 2. The first-order chi connectivity index (χ1) is 17.5. The molecule has 2 aromatic rings. The molecular formula is C32H41NO4. The molecule has 2 spiro atoms. The monoisotopic (exact) mass is 503 g/mol. The van der Waals surface area contributed by atoms with E-state index in [1.54, 1.807) is 0 Å². The predicted octanol–water partition coefficient (Wildman–Crippen LogP) is 5.20. The van der Waals surface area contributed by atoms with Gasteiger partial charge in [-0.15, -0.1) is 0 Å². The molecule has 3 saturated carbocycles. The van der Waals surface area contributed by atoms with Crippen LogP contribution in [0, 0.1) is 16.7 Å². The number of nitrogens with zero attached hydrogens (tertiary/aromatic N) is 1. The normalized spacial score (nSPS) is 39.1. The maximum absolute atomic E-state index is 12.3. The number of methoxy groups -OCH3 is 1. The number of likely N-dealkylation sites (tertiary alicyclic amines) is 1. The fourth-order valence-electron chi connectivity index (χ4n) is 9.74. The minimum atomic E-state index is -0.947. The molecule has 2 aliphatic heterocycles. The standard InChI is InChI=1S/C32H41NO4/c1-28(2,3)29(4,35)23-18-30-13-14-32(23,36-5)27-31(30)15-16-33(19-20-9-7-6-8-10-20)24(30)17-21-11-12-22(34)26(37-27)25(21)31/h6-12,23-24,27,34-35H,13-19H2,1-5H3/t23-,24-,27+,29+,30+,31-,32+/m1/s1. The highest BCUT2D eigenvalue weighted by Crippen LogP contribution is 2.78. The Hall–Kier alpha value is -2.08. The Kier molecular flexibility index (Phi) is 4.74. The summed E-state index contributed by atoms with van der Waals surface area (Å²) in [6.07, 6.45) is 4.57. The van der Waals surface area contributed by atoms with Gasteiger partial charge >= 0.3 is 0 Å². The van der Waals surface area contributed by atoms with E-state index in [-0.39, 0.29) is 34.0 Å². The Morgan fingerprint density at radius 3 is 2.51 bits per heavy atom. The van der Waals surface area contributed by atoms with Gasteiger partial charge in [-0.1, -0.05) is 57.2 Å². The van der Waals surface area contributed by atoms with E-state index in [2.05, 4.69) is 62.1 Å². The number of aromatic hydroxyl groups is 1. The summed E-state index contributed by atoms with van der Waals surface area (Å²) >= 11 is 0. The molecule has 2 aromatic carbocycles.